The number of anilines is 1. The zero-order chi connectivity index (χ0) is 14.8. The standard InChI is InChI=1S/C15H22N4O2/c1-10(2)13-9-21-15(20)19(13)14-8-17-12(7-18-14)11-3-5-16-6-4-11/h7-8,10-11,13,16H,3-6,9H2,1-2H3. The monoisotopic (exact) mass is 290 g/mol. The summed E-state index contributed by atoms with van der Waals surface area (Å²) in [5.74, 6) is 1.38. The second kappa shape index (κ2) is 5.97. The van der Waals surface area contributed by atoms with Gasteiger partial charge >= 0.3 is 6.09 Å². The number of aromatic nitrogens is 2. The average molecular weight is 290 g/mol. The molecule has 2 aliphatic heterocycles. The van der Waals surface area contributed by atoms with E-state index in [0.29, 0.717) is 24.3 Å². The van der Waals surface area contributed by atoms with Crippen LogP contribution in [-0.2, 0) is 4.74 Å². The van der Waals surface area contributed by atoms with Crippen LogP contribution in [0.15, 0.2) is 12.4 Å². The number of nitrogens with one attached hydrogen (secondary N) is 1. The van der Waals surface area contributed by atoms with E-state index < -0.39 is 0 Å². The third-order valence-electron chi connectivity index (χ3n) is 4.34. The van der Waals surface area contributed by atoms with Crippen LogP contribution in [0.5, 0.6) is 0 Å². The molecule has 0 radical (unpaired) electrons. The summed E-state index contributed by atoms with van der Waals surface area (Å²) >= 11 is 0. The average Bonchev–Trinajstić information content (AvgIpc) is 2.90. The van der Waals surface area contributed by atoms with Crippen LogP contribution in [0.3, 0.4) is 0 Å². The van der Waals surface area contributed by atoms with Gasteiger partial charge in [0.15, 0.2) is 5.82 Å². The molecule has 1 aromatic rings. The van der Waals surface area contributed by atoms with Crippen molar-refractivity contribution in [1.82, 2.24) is 15.3 Å². The molecule has 6 nitrogen and oxygen atoms in total. The maximum atomic E-state index is 11.9. The molecule has 2 saturated heterocycles. The number of hydrogen-bond donors (Lipinski definition) is 1. The summed E-state index contributed by atoms with van der Waals surface area (Å²) in [4.78, 5) is 22.5. The Labute approximate surface area is 124 Å². The molecular weight excluding hydrogens is 268 g/mol. The fourth-order valence-electron chi connectivity index (χ4n) is 2.97. The lowest BCUT2D eigenvalue weighted by Gasteiger charge is -2.24. The maximum absolute atomic E-state index is 11.9. The zero-order valence-corrected chi connectivity index (χ0v) is 12.6. The summed E-state index contributed by atoms with van der Waals surface area (Å²) in [7, 11) is 0. The molecule has 114 valence electrons. The Kier molecular flexibility index (Phi) is 4.05. The Morgan fingerprint density at radius 3 is 2.67 bits per heavy atom. The van der Waals surface area contributed by atoms with Crippen molar-refractivity contribution >= 4 is 11.9 Å². The van der Waals surface area contributed by atoms with Gasteiger partial charge in [-0.15, -0.1) is 0 Å². The molecule has 0 saturated carbocycles. The maximum Gasteiger partial charge on any atom is 0.415 e. The van der Waals surface area contributed by atoms with Crippen molar-refractivity contribution in [3.8, 4) is 0 Å². The number of rotatable bonds is 3. The number of nitrogens with zero attached hydrogens (tertiary/aromatic N) is 3. The Bertz CT molecular complexity index is 497. The Hall–Kier alpha value is -1.69. The molecule has 3 rings (SSSR count). The minimum absolute atomic E-state index is 0.0385. The molecule has 1 N–H and O–H groups in total. The van der Waals surface area contributed by atoms with E-state index in [0.717, 1.165) is 31.6 Å². The molecule has 1 amide bonds. The number of piperidine rings is 1. The number of carbonyl (C=O) groups excluding carboxylic acids is 1. The minimum Gasteiger partial charge on any atom is -0.447 e. The van der Waals surface area contributed by atoms with Gasteiger partial charge in [0.25, 0.3) is 0 Å². The third kappa shape index (κ3) is 2.85. The molecule has 21 heavy (non-hydrogen) atoms. The van der Waals surface area contributed by atoms with Crippen molar-refractivity contribution in [3.63, 3.8) is 0 Å². The van der Waals surface area contributed by atoms with E-state index in [1.54, 1.807) is 11.1 Å². The fraction of sp³-hybridized carbons (Fsp3) is 0.667. The summed E-state index contributed by atoms with van der Waals surface area (Å²) < 4.78 is 5.15. The molecule has 6 heteroatoms. The van der Waals surface area contributed by atoms with Gasteiger partial charge in [-0.05, 0) is 31.8 Å². The molecule has 0 aliphatic carbocycles. The van der Waals surface area contributed by atoms with Crippen molar-refractivity contribution in [1.29, 1.82) is 0 Å². The van der Waals surface area contributed by atoms with Gasteiger partial charge in [-0.1, -0.05) is 13.8 Å². The Balaban J connectivity index is 1.78. The fourth-order valence-corrected chi connectivity index (χ4v) is 2.97. The molecule has 1 unspecified atom stereocenters. The van der Waals surface area contributed by atoms with E-state index in [2.05, 4.69) is 29.1 Å². The van der Waals surface area contributed by atoms with Gasteiger partial charge in [0.2, 0.25) is 0 Å². The van der Waals surface area contributed by atoms with E-state index in [-0.39, 0.29) is 12.1 Å². The first-order valence-electron chi connectivity index (χ1n) is 7.65. The number of ether oxygens (including phenoxy) is 1. The van der Waals surface area contributed by atoms with Crippen LogP contribution in [0, 0.1) is 5.92 Å². The highest BCUT2D eigenvalue weighted by atomic mass is 16.6. The van der Waals surface area contributed by atoms with Crippen molar-refractivity contribution in [2.24, 2.45) is 5.92 Å². The van der Waals surface area contributed by atoms with Crippen molar-refractivity contribution in [2.75, 3.05) is 24.6 Å². The van der Waals surface area contributed by atoms with E-state index in [4.69, 9.17) is 4.74 Å². The topological polar surface area (TPSA) is 67.3 Å². The lowest BCUT2D eigenvalue weighted by molar-refractivity contribution is 0.177. The summed E-state index contributed by atoms with van der Waals surface area (Å²) in [6, 6.07) is 0.0385. The summed E-state index contributed by atoms with van der Waals surface area (Å²) in [5.41, 5.74) is 1.02. The first-order valence-corrected chi connectivity index (χ1v) is 7.65. The summed E-state index contributed by atoms with van der Waals surface area (Å²) in [6.45, 7) is 6.64. The molecule has 2 fully saturated rings. The van der Waals surface area contributed by atoms with Gasteiger partial charge < -0.3 is 10.1 Å². The van der Waals surface area contributed by atoms with Crippen LogP contribution in [0.2, 0.25) is 0 Å². The second-order valence-electron chi connectivity index (χ2n) is 6.08. The molecule has 2 aliphatic rings. The molecule has 0 spiro atoms. The highest BCUT2D eigenvalue weighted by Crippen LogP contribution is 2.27. The van der Waals surface area contributed by atoms with E-state index in [9.17, 15) is 4.79 Å². The smallest absolute Gasteiger partial charge is 0.415 e. The van der Waals surface area contributed by atoms with E-state index >= 15 is 0 Å². The molecule has 0 bridgehead atoms. The highest BCUT2D eigenvalue weighted by Gasteiger charge is 2.37. The number of cyclic esters (lactones) is 1. The lowest BCUT2D eigenvalue weighted by Crippen LogP contribution is -2.37. The SMILES string of the molecule is CC(C)C1COC(=O)N1c1cnc(C2CCNCC2)cn1. The van der Waals surface area contributed by atoms with Crippen LogP contribution in [0.25, 0.3) is 0 Å². The normalized spacial score (nSPS) is 23.7. The second-order valence-corrected chi connectivity index (χ2v) is 6.08. The van der Waals surface area contributed by atoms with Crippen LogP contribution in [-0.4, -0.2) is 41.8 Å². The Morgan fingerprint density at radius 1 is 1.29 bits per heavy atom. The van der Waals surface area contributed by atoms with E-state index in [1.165, 1.54) is 0 Å². The van der Waals surface area contributed by atoms with Gasteiger partial charge in [-0.25, -0.2) is 9.78 Å². The molecule has 0 aromatic carbocycles. The number of amides is 1. The number of carbonyl (C=O) groups is 1. The van der Waals surface area contributed by atoms with Crippen molar-refractivity contribution in [2.45, 2.75) is 38.6 Å². The summed E-state index contributed by atoms with van der Waals surface area (Å²) in [6.07, 6.45) is 5.38. The van der Waals surface area contributed by atoms with Crippen molar-refractivity contribution in [3.05, 3.63) is 18.1 Å². The van der Waals surface area contributed by atoms with Gasteiger partial charge in [-0.3, -0.25) is 9.88 Å². The quantitative estimate of drug-likeness (QED) is 0.921. The molecule has 1 atom stereocenters. The largest absolute Gasteiger partial charge is 0.447 e. The first-order chi connectivity index (χ1) is 10.2. The van der Waals surface area contributed by atoms with Crippen molar-refractivity contribution < 1.29 is 9.53 Å². The van der Waals surface area contributed by atoms with E-state index in [1.807, 2.05) is 6.20 Å². The van der Waals surface area contributed by atoms with Crippen LogP contribution >= 0.6 is 0 Å². The highest BCUT2D eigenvalue weighted by molar-refractivity contribution is 5.88. The van der Waals surface area contributed by atoms with Gasteiger partial charge in [0.1, 0.15) is 6.61 Å². The molecular formula is C15H22N4O2. The Morgan fingerprint density at radius 2 is 2.05 bits per heavy atom. The molecule has 3 heterocycles. The van der Waals surface area contributed by atoms with Gasteiger partial charge in [-0.2, -0.15) is 0 Å². The molecule has 1 aromatic heterocycles. The predicted molar refractivity (Wildman–Crippen MR) is 79.3 cm³/mol. The van der Waals surface area contributed by atoms with Crippen LogP contribution in [0.4, 0.5) is 10.6 Å². The first kappa shape index (κ1) is 14.3. The van der Waals surface area contributed by atoms with Crippen LogP contribution in [0.1, 0.15) is 38.3 Å². The lowest BCUT2D eigenvalue weighted by atomic mass is 9.95. The van der Waals surface area contributed by atoms with Gasteiger partial charge in [0.05, 0.1) is 24.1 Å². The minimum atomic E-state index is -0.322. The zero-order valence-electron chi connectivity index (χ0n) is 12.6. The van der Waals surface area contributed by atoms with Crippen LogP contribution < -0.4 is 10.2 Å². The third-order valence-corrected chi connectivity index (χ3v) is 4.34. The predicted octanol–water partition coefficient (Wildman–Crippen LogP) is 1.92. The summed E-state index contributed by atoms with van der Waals surface area (Å²) in [5, 5.41) is 3.35. The van der Waals surface area contributed by atoms with Gasteiger partial charge in [0, 0.05) is 5.92 Å². The number of hydrogen-bond acceptors (Lipinski definition) is 5.